The predicted molar refractivity (Wildman–Crippen MR) is 141 cm³/mol. The molecule has 1 aliphatic carbocycles. The fourth-order valence-electron chi connectivity index (χ4n) is 5.57. The monoisotopic (exact) mass is 526 g/mol. The molecule has 0 aromatic carbocycles. The van der Waals surface area contributed by atoms with Gasteiger partial charge in [0.15, 0.2) is 11.5 Å². The number of methoxy groups -OCH3 is 2. The number of aliphatic hydroxyl groups excluding tert-OH is 1. The van der Waals surface area contributed by atoms with Crippen LogP contribution < -0.4 is 0 Å². The Kier molecular flexibility index (Phi) is 13.6. The maximum absolute atomic E-state index is 12.4. The molecule has 2 unspecified atom stereocenters. The Bertz CT molecular complexity index is 737. The summed E-state index contributed by atoms with van der Waals surface area (Å²) in [6.45, 7) is 6.64. The lowest BCUT2D eigenvalue weighted by Crippen LogP contribution is -2.50. The van der Waals surface area contributed by atoms with Crippen LogP contribution in [0, 0.1) is 0 Å². The van der Waals surface area contributed by atoms with Crippen molar-refractivity contribution < 1.29 is 38.4 Å². The van der Waals surface area contributed by atoms with Gasteiger partial charge >= 0.3 is 5.97 Å². The highest BCUT2D eigenvalue weighted by molar-refractivity contribution is 5.98. The van der Waals surface area contributed by atoms with Crippen LogP contribution in [0.5, 0.6) is 0 Å². The van der Waals surface area contributed by atoms with Crippen LogP contribution in [0.15, 0.2) is 11.8 Å². The molecule has 37 heavy (non-hydrogen) atoms. The van der Waals surface area contributed by atoms with Gasteiger partial charge in [-0.25, -0.2) is 0 Å². The van der Waals surface area contributed by atoms with E-state index in [1.54, 1.807) is 6.08 Å². The Morgan fingerprint density at radius 1 is 1.05 bits per heavy atom. The van der Waals surface area contributed by atoms with E-state index in [2.05, 4.69) is 6.92 Å². The van der Waals surface area contributed by atoms with Crippen LogP contribution >= 0.6 is 0 Å². The first kappa shape index (κ1) is 31.7. The van der Waals surface area contributed by atoms with E-state index in [1.807, 2.05) is 13.8 Å². The molecule has 0 saturated carbocycles. The van der Waals surface area contributed by atoms with E-state index in [0.29, 0.717) is 38.7 Å². The third kappa shape index (κ3) is 9.34. The van der Waals surface area contributed by atoms with Crippen molar-refractivity contribution in [3.63, 3.8) is 0 Å². The van der Waals surface area contributed by atoms with Crippen LogP contribution in [0.4, 0.5) is 0 Å². The topological polar surface area (TPSA) is 101 Å². The van der Waals surface area contributed by atoms with Gasteiger partial charge in [-0.15, -0.1) is 0 Å². The van der Waals surface area contributed by atoms with E-state index in [-0.39, 0.29) is 23.9 Å². The molecule has 3 rings (SSSR count). The summed E-state index contributed by atoms with van der Waals surface area (Å²) in [5.41, 5.74) is -0.765. The quantitative estimate of drug-likeness (QED) is 0.252. The van der Waals surface area contributed by atoms with Gasteiger partial charge in [-0.3, -0.25) is 9.59 Å². The molecule has 1 N–H and O–H groups in total. The molecule has 8 heteroatoms. The molecule has 0 bridgehead atoms. The molecular weight excluding hydrogens is 476 g/mol. The van der Waals surface area contributed by atoms with Crippen molar-refractivity contribution in [2.75, 3.05) is 20.8 Å². The highest BCUT2D eigenvalue weighted by atomic mass is 16.7. The van der Waals surface area contributed by atoms with Crippen LogP contribution in [-0.4, -0.2) is 67.4 Å². The number of hydrogen-bond acceptors (Lipinski definition) is 8. The summed E-state index contributed by atoms with van der Waals surface area (Å²) in [5, 5.41) is 10.6. The molecule has 3 aliphatic rings. The summed E-state index contributed by atoms with van der Waals surface area (Å²) in [5.74, 6) is -1.29. The Balaban J connectivity index is 0.00000235. The van der Waals surface area contributed by atoms with Gasteiger partial charge in [0.05, 0.1) is 37.9 Å². The van der Waals surface area contributed by atoms with Crippen molar-refractivity contribution in [1.29, 1.82) is 0 Å². The summed E-state index contributed by atoms with van der Waals surface area (Å²) < 4.78 is 28.8. The van der Waals surface area contributed by atoms with Gasteiger partial charge in [0, 0.05) is 32.8 Å². The first-order valence-electron chi connectivity index (χ1n) is 14.4. The molecule has 0 aromatic heterocycles. The SMILES string of the molecule is CC.CCCCCCCCCCOC(=O)CC1CC(O)C[C@@]2(CC[C@]3(C=C(OC)C(=O)[C@H](OC)C3)O2)O1. The van der Waals surface area contributed by atoms with Gasteiger partial charge < -0.3 is 28.8 Å². The number of carbonyl (C=O) groups excluding carboxylic acids is 2. The van der Waals surface area contributed by atoms with Crippen LogP contribution in [0.25, 0.3) is 0 Å². The smallest absolute Gasteiger partial charge is 0.308 e. The summed E-state index contributed by atoms with van der Waals surface area (Å²) in [7, 11) is 2.95. The molecule has 5 atom stereocenters. The molecule has 0 radical (unpaired) electrons. The normalized spacial score (nSPS) is 31.1. The summed E-state index contributed by atoms with van der Waals surface area (Å²) in [6, 6.07) is 0. The van der Waals surface area contributed by atoms with Gasteiger partial charge in [-0.2, -0.15) is 0 Å². The lowest BCUT2D eigenvalue weighted by atomic mass is 9.84. The number of unbranched alkanes of at least 4 members (excludes halogenated alkanes) is 7. The Morgan fingerprint density at radius 2 is 1.73 bits per heavy atom. The van der Waals surface area contributed by atoms with Crippen molar-refractivity contribution in [1.82, 2.24) is 0 Å². The van der Waals surface area contributed by atoms with E-state index in [0.717, 1.165) is 12.8 Å². The average molecular weight is 527 g/mol. The minimum Gasteiger partial charge on any atom is -0.493 e. The van der Waals surface area contributed by atoms with Crippen molar-refractivity contribution in [3.8, 4) is 0 Å². The van der Waals surface area contributed by atoms with E-state index in [1.165, 1.54) is 52.7 Å². The third-order valence-corrected chi connectivity index (χ3v) is 7.40. The molecule has 2 saturated heterocycles. The second-order valence-corrected chi connectivity index (χ2v) is 10.3. The molecule has 0 amide bonds. The highest BCUT2D eigenvalue weighted by Gasteiger charge is 2.56. The number of rotatable bonds is 13. The number of carbonyl (C=O) groups is 2. The zero-order valence-corrected chi connectivity index (χ0v) is 23.7. The van der Waals surface area contributed by atoms with Crippen LogP contribution in [0.1, 0.15) is 111 Å². The maximum Gasteiger partial charge on any atom is 0.308 e. The van der Waals surface area contributed by atoms with Crippen LogP contribution in [0.3, 0.4) is 0 Å². The molecule has 8 nitrogen and oxygen atoms in total. The highest BCUT2D eigenvalue weighted by Crippen LogP contribution is 2.49. The number of esters is 1. The molecule has 2 aliphatic heterocycles. The lowest BCUT2D eigenvalue weighted by molar-refractivity contribution is -0.299. The number of aliphatic hydroxyl groups is 1. The second-order valence-electron chi connectivity index (χ2n) is 10.3. The Hall–Kier alpha value is -1.48. The van der Waals surface area contributed by atoms with E-state index in [4.69, 9.17) is 23.7 Å². The van der Waals surface area contributed by atoms with Crippen LogP contribution in [0.2, 0.25) is 0 Å². The number of ether oxygens (including phenoxy) is 5. The minimum absolute atomic E-state index is 0.0878. The number of ketones is 1. The first-order chi connectivity index (χ1) is 17.8. The fraction of sp³-hybridized carbons (Fsp3) is 0.862. The van der Waals surface area contributed by atoms with Crippen LogP contribution in [-0.2, 0) is 33.3 Å². The molecule has 2 heterocycles. The first-order valence-corrected chi connectivity index (χ1v) is 14.4. The Labute approximate surface area is 223 Å². The van der Waals surface area contributed by atoms with E-state index in [9.17, 15) is 14.7 Å². The molecular formula is C29H50O8. The van der Waals surface area contributed by atoms with Gasteiger partial charge in [0.25, 0.3) is 0 Å². The van der Waals surface area contributed by atoms with Gasteiger partial charge in [-0.05, 0) is 18.9 Å². The summed E-state index contributed by atoms with van der Waals surface area (Å²) >= 11 is 0. The zero-order chi connectivity index (χ0) is 27.3. The lowest BCUT2D eigenvalue weighted by Gasteiger charge is -2.42. The Morgan fingerprint density at radius 3 is 2.38 bits per heavy atom. The number of Topliss-reactive ketones (excluding diaryl/α,β-unsaturated/α-hetero) is 1. The third-order valence-electron chi connectivity index (χ3n) is 7.40. The zero-order valence-electron chi connectivity index (χ0n) is 23.7. The van der Waals surface area contributed by atoms with Gasteiger partial charge in [-0.1, -0.05) is 65.7 Å². The summed E-state index contributed by atoms with van der Waals surface area (Å²) in [6.07, 6.45) is 11.7. The molecule has 2 fully saturated rings. The van der Waals surface area contributed by atoms with Crippen molar-refractivity contribution in [2.45, 2.75) is 140 Å². The molecule has 2 spiro atoms. The van der Waals surface area contributed by atoms with Crippen molar-refractivity contribution >= 4 is 11.8 Å². The maximum atomic E-state index is 12.4. The molecule has 214 valence electrons. The van der Waals surface area contributed by atoms with E-state index >= 15 is 0 Å². The predicted octanol–water partition coefficient (Wildman–Crippen LogP) is 5.39. The average Bonchev–Trinajstić information content (AvgIpc) is 3.20. The minimum atomic E-state index is -1.01. The number of hydrogen-bond donors (Lipinski definition) is 1. The summed E-state index contributed by atoms with van der Waals surface area (Å²) in [4.78, 5) is 24.8. The van der Waals surface area contributed by atoms with Crippen molar-refractivity contribution in [3.05, 3.63) is 11.8 Å². The fourth-order valence-corrected chi connectivity index (χ4v) is 5.57. The largest absolute Gasteiger partial charge is 0.493 e. The van der Waals surface area contributed by atoms with Gasteiger partial charge in [0.1, 0.15) is 6.10 Å². The standard InChI is InChI=1S/C27H44O8.C2H6/c1-4-5-6-7-8-9-10-11-14-33-24(29)16-21-15-20(28)17-27(34-21)13-12-26(35-27)18-22(31-2)25(30)23(19-26)32-3;1-2/h18,20-21,23,28H,4-17,19H2,1-3H3;1-2H3/t20?,21?,23-,26-,27+;/m1./s1. The van der Waals surface area contributed by atoms with E-state index < -0.39 is 29.7 Å². The van der Waals surface area contributed by atoms with Crippen molar-refractivity contribution in [2.24, 2.45) is 0 Å². The second kappa shape index (κ2) is 15.8. The van der Waals surface area contributed by atoms with Gasteiger partial charge in [0.2, 0.25) is 5.78 Å². The molecule has 0 aromatic rings.